The number of hydrogen-bond acceptors (Lipinski definition) is 1. The molecule has 0 N–H and O–H groups in total. The minimum absolute atomic E-state index is 0. The number of benzene rings is 2. The monoisotopic (exact) mass is 321 g/mol. The third-order valence-electron chi connectivity index (χ3n) is 4.38. The lowest BCUT2D eigenvalue weighted by Crippen LogP contribution is -2.35. The molecule has 0 bridgehead atoms. The van der Waals surface area contributed by atoms with E-state index in [1.54, 1.807) is 0 Å². The van der Waals surface area contributed by atoms with Crippen LogP contribution in [0.1, 0.15) is 29.0 Å². The number of fused-ring (bicyclic) bond motifs is 1. The summed E-state index contributed by atoms with van der Waals surface area (Å²) in [6.07, 6.45) is 2.30. The molecule has 2 atom stereocenters. The van der Waals surface area contributed by atoms with Crippen LogP contribution in [0.5, 0.6) is 0 Å². The molecule has 2 aromatic rings. The van der Waals surface area contributed by atoms with Crippen molar-refractivity contribution in [3.63, 3.8) is 0 Å². The SMILES string of the molecule is CN(C)[C@@H]1Cc2ccccc2[C@@H](c2cccc(Cl)c2)C1.Cl. The summed E-state index contributed by atoms with van der Waals surface area (Å²) in [6.45, 7) is 0. The summed E-state index contributed by atoms with van der Waals surface area (Å²) < 4.78 is 0. The Bertz CT molecular complexity index is 610. The van der Waals surface area contributed by atoms with Crippen molar-refractivity contribution in [3.8, 4) is 0 Å². The van der Waals surface area contributed by atoms with Gasteiger partial charge in [-0.25, -0.2) is 0 Å². The van der Waals surface area contributed by atoms with Crippen LogP contribution >= 0.6 is 24.0 Å². The first-order valence-corrected chi connectivity index (χ1v) is 7.52. The summed E-state index contributed by atoms with van der Waals surface area (Å²) in [6, 6.07) is 17.7. The number of hydrogen-bond donors (Lipinski definition) is 0. The smallest absolute Gasteiger partial charge is 0.0408 e. The average molecular weight is 322 g/mol. The van der Waals surface area contributed by atoms with Gasteiger partial charge in [-0.2, -0.15) is 0 Å². The van der Waals surface area contributed by atoms with Crippen molar-refractivity contribution in [3.05, 3.63) is 70.2 Å². The van der Waals surface area contributed by atoms with E-state index in [4.69, 9.17) is 11.6 Å². The highest BCUT2D eigenvalue weighted by Gasteiger charge is 2.28. The third-order valence-corrected chi connectivity index (χ3v) is 4.61. The van der Waals surface area contributed by atoms with Gasteiger partial charge in [-0.05, 0) is 55.8 Å². The first-order valence-electron chi connectivity index (χ1n) is 7.15. The van der Waals surface area contributed by atoms with Crippen molar-refractivity contribution in [1.82, 2.24) is 4.90 Å². The largest absolute Gasteiger partial charge is 0.306 e. The van der Waals surface area contributed by atoms with Crippen LogP contribution in [-0.4, -0.2) is 25.0 Å². The molecule has 3 heteroatoms. The zero-order chi connectivity index (χ0) is 14.1. The molecule has 0 saturated heterocycles. The van der Waals surface area contributed by atoms with Crippen LogP contribution in [0.25, 0.3) is 0 Å². The van der Waals surface area contributed by atoms with Crippen LogP contribution in [0.4, 0.5) is 0 Å². The second-order valence-corrected chi connectivity index (χ2v) is 6.30. The van der Waals surface area contributed by atoms with Crippen molar-refractivity contribution in [2.45, 2.75) is 24.8 Å². The van der Waals surface area contributed by atoms with Crippen molar-refractivity contribution in [2.24, 2.45) is 0 Å². The standard InChI is InChI=1S/C18H20ClN.ClH/c1-20(2)16-11-14-6-3-4-9-17(14)18(12-16)13-7-5-8-15(19)10-13;/h3-10,16,18H,11-12H2,1-2H3;1H/t16-,18-;/m1./s1. The number of nitrogens with zero attached hydrogens (tertiary/aromatic N) is 1. The quantitative estimate of drug-likeness (QED) is 0.770. The maximum atomic E-state index is 6.18. The van der Waals surface area contributed by atoms with E-state index >= 15 is 0 Å². The van der Waals surface area contributed by atoms with Crippen LogP contribution in [0, 0.1) is 0 Å². The number of halogens is 2. The van der Waals surface area contributed by atoms with Crippen molar-refractivity contribution >= 4 is 24.0 Å². The molecule has 0 heterocycles. The average Bonchev–Trinajstić information content (AvgIpc) is 2.46. The molecule has 0 saturated carbocycles. The van der Waals surface area contributed by atoms with Gasteiger partial charge in [-0.3, -0.25) is 0 Å². The Labute approximate surface area is 138 Å². The van der Waals surface area contributed by atoms with Gasteiger partial charge < -0.3 is 4.90 Å². The van der Waals surface area contributed by atoms with E-state index in [1.165, 1.54) is 16.7 Å². The van der Waals surface area contributed by atoms with E-state index in [0.717, 1.165) is 17.9 Å². The van der Waals surface area contributed by atoms with Gasteiger partial charge in [0.15, 0.2) is 0 Å². The Balaban J connectivity index is 0.00000161. The molecule has 0 fully saturated rings. The Kier molecular flexibility index (Phi) is 5.32. The van der Waals surface area contributed by atoms with E-state index in [-0.39, 0.29) is 12.4 Å². The maximum absolute atomic E-state index is 6.18. The molecule has 3 rings (SSSR count). The van der Waals surface area contributed by atoms with Gasteiger partial charge in [-0.1, -0.05) is 48.0 Å². The highest BCUT2D eigenvalue weighted by Crippen LogP contribution is 2.38. The first-order chi connectivity index (χ1) is 9.65. The van der Waals surface area contributed by atoms with Gasteiger partial charge in [0.2, 0.25) is 0 Å². The summed E-state index contributed by atoms with van der Waals surface area (Å²) >= 11 is 6.18. The predicted molar refractivity (Wildman–Crippen MR) is 92.8 cm³/mol. The van der Waals surface area contributed by atoms with Crippen LogP contribution in [-0.2, 0) is 6.42 Å². The van der Waals surface area contributed by atoms with Crippen LogP contribution in [0.15, 0.2) is 48.5 Å². The van der Waals surface area contributed by atoms with Gasteiger partial charge in [-0.15, -0.1) is 12.4 Å². The molecule has 2 aromatic carbocycles. The molecule has 1 nitrogen and oxygen atoms in total. The van der Waals surface area contributed by atoms with Crippen LogP contribution in [0.3, 0.4) is 0 Å². The Morgan fingerprint density at radius 1 is 1.05 bits per heavy atom. The van der Waals surface area contributed by atoms with Crippen LogP contribution in [0.2, 0.25) is 5.02 Å². The predicted octanol–water partition coefficient (Wildman–Crippen LogP) is 4.77. The van der Waals surface area contributed by atoms with Crippen molar-refractivity contribution < 1.29 is 0 Å². The summed E-state index contributed by atoms with van der Waals surface area (Å²) in [7, 11) is 4.35. The van der Waals surface area contributed by atoms with Gasteiger partial charge in [0.1, 0.15) is 0 Å². The molecule has 112 valence electrons. The summed E-state index contributed by atoms with van der Waals surface area (Å²) in [4.78, 5) is 2.34. The molecule has 0 radical (unpaired) electrons. The molecule has 1 aliphatic rings. The normalized spacial score (nSPS) is 20.8. The summed E-state index contributed by atoms with van der Waals surface area (Å²) in [5, 5.41) is 0.826. The Hall–Kier alpha value is -1.02. The highest BCUT2D eigenvalue weighted by atomic mass is 35.5. The third kappa shape index (κ3) is 3.42. The lowest BCUT2D eigenvalue weighted by Gasteiger charge is -2.35. The first kappa shape index (κ1) is 16.4. The second-order valence-electron chi connectivity index (χ2n) is 5.86. The number of rotatable bonds is 2. The van der Waals surface area contributed by atoms with E-state index < -0.39 is 0 Å². The highest BCUT2D eigenvalue weighted by molar-refractivity contribution is 6.30. The zero-order valence-corrected chi connectivity index (χ0v) is 14.0. The van der Waals surface area contributed by atoms with E-state index in [2.05, 4.69) is 61.5 Å². The minimum atomic E-state index is 0. The summed E-state index contributed by atoms with van der Waals surface area (Å²) in [5.74, 6) is 0.450. The molecule has 1 aliphatic carbocycles. The fourth-order valence-electron chi connectivity index (χ4n) is 3.23. The zero-order valence-electron chi connectivity index (χ0n) is 12.4. The maximum Gasteiger partial charge on any atom is 0.0408 e. The molecule has 0 aliphatic heterocycles. The molecule has 0 amide bonds. The molecular weight excluding hydrogens is 301 g/mol. The van der Waals surface area contributed by atoms with Gasteiger partial charge in [0, 0.05) is 17.0 Å². The van der Waals surface area contributed by atoms with Gasteiger partial charge in [0.25, 0.3) is 0 Å². The molecule has 0 unspecified atom stereocenters. The molecule has 0 spiro atoms. The molecular formula is C18H21Cl2N. The van der Waals surface area contributed by atoms with E-state index in [9.17, 15) is 0 Å². The van der Waals surface area contributed by atoms with E-state index in [0.29, 0.717) is 12.0 Å². The van der Waals surface area contributed by atoms with Crippen LogP contribution < -0.4 is 0 Å². The molecule has 0 aromatic heterocycles. The van der Waals surface area contributed by atoms with Gasteiger partial charge in [0.05, 0.1) is 0 Å². The number of likely N-dealkylation sites (N-methyl/N-ethyl adjacent to an activating group) is 1. The topological polar surface area (TPSA) is 3.24 Å². The fourth-order valence-corrected chi connectivity index (χ4v) is 3.43. The molecule has 21 heavy (non-hydrogen) atoms. The fraction of sp³-hybridized carbons (Fsp3) is 0.333. The van der Waals surface area contributed by atoms with Gasteiger partial charge >= 0.3 is 0 Å². The van der Waals surface area contributed by atoms with Crippen molar-refractivity contribution in [2.75, 3.05) is 14.1 Å². The lowest BCUT2D eigenvalue weighted by atomic mass is 9.76. The Morgan fingerprint density at radius 3 is 2.52 bits per heavy atom. The Morgan fingerprint density at radius 2 is 1.81 bits per heavy atom. The summed E-state index contributed by atoms with van der Waals surface area (Å²) in [5.41, 5.74) is 4.27. The minimum Gasteiger partial charge on any atom is -0.306 e. The lowest BCUT2D eigenvalue weighted by molar-refractivity contribution is 0.258. The van der Waals surface area contributed by atoms with Crippen molar-refractivity contribution in [1.29, 1.82) is 0 Å². The second kappa shape index (κ2) is 6.83. The van der Waals surface area contributed by atoms with E-state index in [1.807, 2.05) is 6.07 Å².